The van der Waals surface area contributed by atoms with Crippen molar-refractivity contribution in [3.63, 3.8) is 0 Å². The van der Waals surface area contributed by atoms with Crippen molar-refractivity contribution in [3.8, 4) is 0 Å². The van der Waals surface area contributed by atoms with Gasteiger partial charge in [-0.05, 0) is 40.6 Å². The molecule has 2 saturated carbocycles. The summed E-state index contributed by atoms with van der Waals surface area (Å²) in [6.07, 6.45) is 5.69. The highest BCUT2D eigenvalue weighted by Crippen LogP contribution is 2.53. The molecule has 4 rings (SSSR count). The fourth-order valence-corrected chi connectivity index (χ4v) is 10.3. The number of aliphatic hydroxyl groups is 1. The van der Waals surface area contributed by atoms with E-state index in [-0.39, 0.29) is 11.0 Å². The maximum Gasteiger partial charge on any atom is 0.261 e. The van der Waals surface area contributed by atoms with E-state index in [0.29, 0.717) is 12.5 Å². The normalized spacial score (nSPS) is 27.7. The molecular weight excluding hydrogens is 360 g/mol. The topological polar surface area (TPSA) is 29.5 Å². The van der Waals surface area contributed by atoms with Gasteiger partial charge in [-0.15, -0.1) is 0 Å². The summed E-state index contributed by atoms with van der Waals surface area (Å²) in [4.78, 5) is 0. The third-order valence-corrected chi connectivity index (χ3v) is 12.3. The summed E-state index contributed by atoms with van der Waals surface area (Å²) in [5.41, 5.74) is -0.482. The van der Waals surface area contributed by atoms with E-state index in [9.17, 15) is 5.11 Å². The Morgan fingerprint density at radius 2 is 1.54 bits per heavy atom. The van der Waals surface area contributed by atoms with E-state index in [0.717, 1.165) is 19.3 Å². The van der Waals surface area contributed by atoms with Crippen LogP contribution in [0.25, 0.3) is 0 Å². The molecule has 3 unspecified atom stereocenters. The smallest absolute Gasteiger partial charge is 0.261 e. The van der Waals surface area contributed by atoms with E-state index in [1.807, 2.05) is 0 Å². The molecule has 2 aliphatic rings. The van der Waals surface area contributed by atoms with Crippen molar-refractivity contribution < 1.29 is 9.53 Å². The van der Waals surface area contributed by atoms with Gasteiger partial charge in [-0.1, -0.05) is 94.3 Å². The first-order chi connectivity index (χ1) is 13.4. The standard InChI is InChI=1S/C25H34O2Si/c1-24(2,3)28(22-13-6-4-7-14-22,23-15-8-5-9-16-23)27-19-21-18-20-12-10-11-17-25(20,21)26/h4-9,13-16,20-21,26H,10-12,17-19H2,1-3H3. The van der Waals surface area contributed by atoms with Crippen molar-refractivity contribution in [2.75, 3.05) is 6.61 Å². The molecular formula is C25H34O2Si. The van der Waals surface area contributed by atoms with Crippen LogP contribution >= 0.6 is 0 Å². The maximum absolute atomic E-state index is 11.3. The quantitative estimate of drug-likeness (QED) is 0.757. The second kappa shape index (κ2) is 7.44. The lowest BCUT2D eigenvalue weighted by atomic mass is 9.55. The van der Waals surface area contributed by atoms with Gasteiger partial charge in [-0.3, -0.25) is 0 Å². The molecule has 2 aromatic rings. The first-order valence-corrected chi connectivity index (χ1v) is 12.8. The Bertz CT molecular complexity index is 744. The minimum Gasteiger partial charge on any atom is -0.407 e. The van der Waals surface area contributed by atoms with Crippen molar-refractivity contribution >= 4 is 18.7 Å². The maximum atomic E-state index is 11.3. The molecule has 2 aliphatic carbocycles. The Hall–Kier alpha value is -1.42. The molecule has 0 aromatic heterocycles. The van der Waals surface area contributed by atoms with E-state index < -0.39 is 13.9 Å². The van der Waals surface area contributed by atoms with Gasteiger partial charge in [0.1, 0.15) is 0 Å². The van der Waals surface area contributed by atoms with Crippen molar-refractivity contribution in [1.82, 2.24) is 0 Å². The number of hydrogen-bond donors (Lipinski definition) is 1. The predicted molar refractivity (Wildman–Crippen MR) is 119 cm³/mol. The highest BCUT2D eigenvalue weighted by Gasteiger charge is 2.56. The average molecular weight is 395 g/mol. The molecule has 0 saturated heterocycles. The molecule has 0 amide bonds. The van der Waals surface area contributed by atoms with Crippen LogP contribution in [0.15, 0.2) is 60.7 Å². The van der Waals surface area contributed by atoms with Gasteiger partial charge < -0.3 is 9.53 Å². The lowest BCUT2D eigenvalue weighted by molar-refractivity contribution is -0.182. The van der Waals surface area contributed by atoms with E-state index >= 15 is 0 Å². The molecule has 3 atom stereocenters. The summed E-state index contributed by atoms with van der Waals surface area (Å²) in [6.45, 7) is 7.62. The van der Waals surface area contributed by atoms with Crippen molar-refractivity contribution in [1.29, 1.82) is 0 Å². The predicted octanol–water partition coefficient (Wildman–Crippen LogP) is 4.50. The molecule has 3 heteroatoms. The summed E-state index contributed by atoms with van der Waals surface area (Å²) in [5, 5.41) is 13.9. The van der Waals surface area contributed by atoms with E-state index in [1.54, 1.807) is 0 Å². The van der Waals surface area contributed by atoms with Crippen LogP contribution in [0.1, 0.15) is 52.9 Å². The highest BCUT2D eigenvalue weighted by molar-refractivity contribution is 6.99. The summed E-state index contributed by atoms with van der Waals surface area (Å²) in [5.74, 6) is 0.772. The van der Waals surface area contributed by atoms with Crippen LogP contribution in [-0.2, 0) is 4.43 Å². The summed E-state index contributed by atoms with van der Waals surface area (Å²) >= 11 is 0. The summed E-state index contributed by atoms with van der Waals surface area (Å²) < 4.78 is 7.06. The van der Waals surface area contributed by atoms with Crippen LogP contribution < -0.4 is 10.4 Å². The monoisotopic (exact) mass is 394 g/mol. The van der Waals surface area contributed by atoms with Gasteiger partial charge in [0.2, 0.25) is 0 Å². The van der Waals surface area contributed by atoms with E-state index in [2.05, 4.69) is 81.4 Å². The SMILES string of the molecule is CC(C)(C)[Si](OCC1CC2CCCCC21O)(c1ccccc1)c1ccccc1. The van der Waals surface area contributed by atoms with Gasteiger partial charge in [0.15, 0.2) is 0 Å². The number of fused-ring (bicyclic) bond motifs is 1. The Labute approximate surface area is 171 Å². The van der Waals surface area contributed by atoms with Gasteiger partial charge in [0, 0.05) is 12.5 Å². The van der Waals surface area contributed by atoms with Crippen LogP contribution in [0, 0.1) is 11.8 Å². The molecule has 28 heavy (non-hydrogen) atoms. The molecule has 0 heterocycles. The zero-order valence-corrected chi connectivity index (χ0v) is 18.5. The third-order valence-electron chi connectivity index (χ3n) is 7.28. The largest absolute Gasteiger partial charge is 0.407 e. The molecule has 150 valence electrons. The van der Waals surface area contributed by atoms with Gasteiger partial charge >= 0.3 is 0 Å². The zero-order valence-electron chi connectivity index (χ0n) is 17.5. The second-order valence-electron chi connectivity index (χ2n) is 9.84. The number of benzene rings is 2. The third kappa shape index (κ3) is 3.18. The highest BCUT2D eigenvalue weighted by atomic mass is 28.4. The summed E-state index contributed by atoms with van der Waals surface area (Å²) in [7, 11) is -2.50. The lowest BCUT2D eigenvalue weighted by Crippen LogP contribution is -2.68. The minimum absolute atomic E-state index is 0.00591. The summed E-state index contributed by atoms with van der Waals surface area (Å²) in [6, 6.07) is 21.6. The van der Waals surface area contributed by atoms with Gasteiger partial charge in [0.25, 0.3) is 8.32 Å². The van der Waals surface area contributed by atoms with Crippen molar-refractivity contribution in [3.05, 3.63) is 60.7 Å². The molecule has 0 bridgehead atoms. The van der Waals surface area contributed by atoms with Crippen LogP contribution in [-0.4, -0.2) is 25.6 Å². The Morgan fingerprint density at radius 3 is 2.04 bits per heavy atom. The molecule has 0 radical (unpaired) electrons. The molecule has 2 aromatic carbocycles. The van der Waals surface area contributed by atoms with Crippen LogP contribution in [0.5, 0.6) is 0 Å². The van der Waals surface area contributed by atoms with Crippen molar-refractivity contribution in [2.45, 2.75) is 63.5 Å². The number of hydrogen-bond acceptors (Lipinski definition) is 2. The van der Waals surface area contributed by atoms with Gasteiger partial charge in [0.05, 0.1) is 5.60 Å². The fraction of sp³-hybridized carbons (Fsp3) is 0.520. The fourth-order valence-electron chi connectivity index (χ4n) is 5.70. The first kappa shape index (κ1) is 19.9. The van der Waals surface area contributed by atoms with E-state index in [4.69, 9.17) is 4.43 Å². The molecule has 0 spiro atoms. The second-order valence-corrected chi connectivity index (χ2v) is 14.1. The molecule has 2 nitrogen and oxygen atoms in total. The Kier molecular flexibility index (Phi) is 5.28. The molecule has 1 N–H and O–H groups in total. The Morgan fingerprint density at radius 1 is 0.964 bits per heavy atom. The minimum atomic E-state index is -2.50. The Balaban J connectivity index is 1.69. The van der Waals surface area contributed by atoms with Gasteiger partial charge in [-0.25, -0.2) is 0 Å². The van der Waals surface area contributed by atoms with Crippen LogP contribution in [0.4, 0.5) is 0 Å². The lowest BCUT2D eigenvalue weighted by Gasteiger charge is -2.56. The van der Waals surface area contributed by atoms with E-state index in [1.165, 1.54) is 23.2 Å². The molecule has 2 fully saturated rings. The van der Waals surface area contributed by atoms with Crippen molar-refractivity contribution in [2.24, 2.45) is 11.8 Å². The first-order valence-electron chi connectivity index (χ1n) is 10.9. The van der Waals surface area contributed by atoms with Crippen LogP contribution in [0.3, 0.4) is 0 Å². The number of rotatable bonds is 5. The zero-order chi connectivity index (χ0) is 19.8. The van der Waals surface area contributed by atoms with Crippen LogP contribution in [0.2, 0.25) is 5.04 Å². The average Bonchev–Trinajstić information content (AvgIpc) is 2.68. The van der Waals surface area contributed by atoms with Gasteiger partial charge in [-0.2, -0.15) is 0 Å². The molecule has 0 aliphatic heterocycles.